The van der Waals surface area contributed by atoms with Gasteiger partial charge in [-0.3, -0.25) is 0 Å². The Morgan fingerprint density at radius 2 is 2.33 bits per heavy atom. The summed E-state index contributed by atoms with van der Waals surface area (Å²) >= 11 is 6.20. The highest BCUT2D eigenvalue weighted by molar-refractivity contribution is 6.25. The second kappa shape index (κ2) is 2.49. The Morgan fingerprint density at radius 3 is 2.56 bits per heavy atom. The van der Waals surface area contributed by atoms with Gasteiger partial charge in [-0.2, -0.15) is 0 Å². The molecule has 1 atom stereocenters. The quantitative estimate of drug-likeness (QED) is 0.498. The van der Waals surface area contributed by atoms with Crippen LogP contribution in [-0.2, 0) is 0 Å². The van der Waals surface area contributed by atoms with Crippen molar-refractivity contribution in [2.75, 3.05) is 0 Å². The first kappa shape index (κ1) is 7.40. The average molecular weight is 146 g/mol. The minimum absolute atomic E-state index is 0.0503. The SMILES string of the molecule is CC[C]1CCCC1(C)Cl. The maximum atomic E-state index is 6.20. The second-order valence-corrected chi connectivity index (χ2v) is 3.84. The van der Waals surface area contributed by atoms with Gasteiger partial charge in [-0.25, -0.2) is 0 Å². The maximum Gasteiger partial charge on any atom is 0.0480 e. The summed E-state index contributed by atoms with van der Waals surface area (Å²) in [7, 11) is 0. The highest BCUT2D eigenvalue weighted by atomic mass is 35.5. The van der Waals surface area contributed by atoms with Gasteiger partial charge in [0.15, 0.2) is 0 Å². The summed E-state index contributed by atoms with van der Waals surface area (Å²) in [4.78, 5) is 0.0503. The highest BCUT2D eigenvalue weighted by Crippen LogP contribution is 2.43. The molecule has 0 amide bonds. The van der Waals surface area contributed by atoms with Crippen molar-refractivity contribution in [3.05, 3.63) is 5.92 Å². The topological polar surface area (TPSA) is 0 Å². The molecule has 0 aromatic carbocycles. The molecular weight excluding hydrogens is 132 g/mol. The van der Waals surface area contributed by atoms with Gasteiger partial charge in [0, 0.05) is 4.87 Å². The van der Waals surface area contributed by atoms with E-state index in [9.17, 15) is 0 Å². The summed E-state index contributed by atoms with van der Waals surface area (Å²) in [5.41, 5.74) is 0. The third-order valence-electron chi connectivity index (χ3n) is 2.29. The Balaban J connectivity index is 2.52. The summed E-state index contributed by atoms with van der Waals surface area (Å²) in [5.74, 6) is 1.55. The fraction of sp³-hybridized carbons (Fsp3) is 0.875. The zero-order chi connectivity index (χ0) is 6.91. The van der Waals surface area contributed by atoms with Crippen LogP contribution >= 0.6 is 11.6 Å². The predicted molar refractivity (Wildman–Crippen MR) is 41.6 cm³/mol. The lowest BCUT2D eigenvalue weighted by atomic mass is 9.95. The molecule has 9 heavy (non-hydrogen) atoms. The summed E-state index contributed by atoms with van der Waals surface area (Å²) in [6.45, 7) is 4.33. The predicted octanol–water partition coefficient (Wildman–Crippen LogP) is 3.15. The van der Waals surface area contributed by atoms with Crippen LogP contribution in [0, 0.1) is 5.92 Å². The van der Waals surface area contributed by atoms with Gasteiger partial charge >= 0.3 is 0 Å². The first-order valence-electron chi connectivity index (χ1n) is 3.71. The summed E-state index contributed by atoms with van der Waals surface area (Å²) in [6, 6.07) is 0. The van der Waals surface area contributed by atoms with E-state index in [0.717, 1.165) is 0 Å². The molecule has 0 spiro atoms. The Morgan fingerprint density at radius 1 is 1.67 bits per heavy atom. The van der Waals surface area contributed by atoms with Gasteiger partial charge in [-0.15, -0.1) is 11.6 Å². The van der Waals surface area contributed by atoms with Crippen molar-refractivity contribution in [2.45, 2.75) is 44.4 Å². The standard InChI is InChI=1S/C8H14Cl/c1-3-7-5-4-6-8(7,2)9/h3-6H2,1-2H3. The number of hydrogen-bond acceptors (Lipinski definition) is 0. The lowest BCUT2D eigenvalue weighted by Crippen LogP contribution is -2.18. The van der Waals surface area contributed by atoms with E-state index in [1.54, 1.807) is 5.92 Å². The second-order valence-electron chi connectivity index (χ2n) is 3.01. The van der Waals surface area contributed by atoms with E-state index in [0.29, 0.717) is 0 Å². The third kappa shape index (κ3) is 1.40. The molecule has 53 valence electrons. The van der Waals surface area contributed by atoms with Gasteiger partial charge in [0.1, 0.15) is 0 Å². The largest absolute Gasteiger partial charge is 0.119 e. The molecule has 0 aromatic heterocycles. The molecule has 1 fully saturated rings. The van der Waals surface area contributed by atoms with Crippen LogP contribution < -0.4 is 0 Å². The molecule has 1 saturated carbocycles. The molecule has 0 nitrogen and oxygen atoms in total. The number of halogens is 1. The molecule has 0 aromatic rings. The van der Waals surface area contributed by atoms with E-state index in [-0.39, 0.29) is 4.87 Å². The average Bonchev–Trinajstić information content (AvgIpc) is 2.08. The molecule has 1 aliphatic carbocycles. The molecule has 1 rings (SSSR count). The smallest absolute Gasteiger partial charge is 0.0480 e. The van der Waals surface area contributed by atoms with E-state index in [1.807, 2.05) is 0 Å². The number of rotatable bonds is 1. The molecule has 0 saturated heterocycles. The van der Waals surface area contributed by atoms with Crippen molar-refractivity contribution in [1.29, 1.82) is 0 Å². The van der Waals surface area contributed by atoms with Crippen molar-refractivity contribution in [1.82, 2.24) is 0 Å². The van der Waals surface area contributed by atoms with Gasteiger partial charge < -0.3 is 0 Å². The Labute approximate surface area is 62.6 Å². The number of hydrogen-bond donors (Lipinski definition) is 0. The lowest BCUT2D eigenvalue weighted by molar-refractivity contribution is 0.654. The molecule has 0 aliphatic heterocycles. The monoisotopic (exact) mass is 145 g/mol. The van der Waals surface area contributed by atoms with Crippen molar-refractivity contribution in [2.24, 2.45) is 0 Å². The Kier molecular flexibility index (Phi) is 2.05. The van der Waals surface area contributed by atoms with Gasteiger partial charge in [-0.05, 0) is 32.1 Å². The third-order valence-corrected chi connectivity index (χ3v) is 2.75. The zero-order valence-corrected chi connectivity index (χ0v) is 6.96. The van der Waals surface area contributed by atoms with Crippen LogP contribution in [0.2, 0.25) is 0 Å². The first-order valence-corrected chi connectivity index (χ1v) is 4.08. The van der Waals surface area contributed by atoms with Crippen LogP contribution in [0.4, 0.5) is 0 Å². The van der Waals surface area contributed by atoms with E-state index in [1.165, 1.54) is 25.7 Å². The van der Waals surface area contributed by atoms with Crippen LogP contribution in [0.25, 0.3) is 0 Å². The van der Waals surface area contributed by atoms with E-state index in [2.05, 4.69) is 13.8 Å². The maximum absolute atomic E-state index is 6.20. The summed E-state index contributed by atoms with van der Waals surface area (Å²) < 4.78 is 0. The van der Waals surface area contributed by atoms with Crippen LogP contribution in [0.1, 0.15) is 39.5 Å². The fourth-order valence-electron chi connectivity index (χ4n) is 1.62. The summed E-state index contributed by atoms with van der Waals surface area (Å²) in [5, 5.41) is 0. The van der Waals surface area contributed by atoms with Crippen LogP contribution in [0.15, 0.2) is 0 Å². The van der Waals surface area contributed by atoms with Gasteiger partial charge in [-0.1, -0.05) is 13.3 Å². The van der Waals surface area contributed by atoms with Crippen molar-refractivity contribution >= 4 is 11.6 Å². The minimum atomic E-state index is 0.0503. The van der Waals surface area contributed by atoms with Crippen molar-refractivity contribution in [3.63, 3.8) is 0 Å². The molecule has 0 bridgehead atoms. The Bertz CT molecular complexity index is 96.7. The molecule has 0 heterocycles. The molecule has 1 heteroatoms. The van der Waals surface area contributed by atoms with Crippen LogP contribution in [0.5, 0.6) is 0 Å². The van der Waals surface area contributed by atoms with Crippen LogP contribution in [-0.4, -0.2) is 4.87 Å². The van der Waals surface area contributed by atoms with E-state index >= 15 is 0 Å². The minimum Gasteiger partial charge on any atom is -0.119 e. The fourth-order valence-corrected chi connectivity index (χ4v) is 1.98. The molecular formula is C8H14Cl. The van der Waals surface area contributed by atoms with Gasteiger partial charge in [0.2, 0.25) is 0 Å². The highest BCUT2D eigenvalue weighted by Gasteiger charge is 2.35. The van der Waals surface area contributed by atoms with E-state index in [4.69, 9.17) is 11.6 Å². The molecule has 1 radical (unpaired) electrons. The molecule has 1 aliphatic rings. The first-order chi connectivity index (χ1) is 4.17. The molecule has 1 unspecified atom stereocenters. The summed E-state index contributed by atoms with van der Waals surface area (Å²) in [6.07, 6.45) is 4.90. The van der Waals surface area contributed by atoms with Gasteiger partial charge in [0.25, 0.3) is 0 Å². The van der Waals surface area contributed by atoms with Crippen molar-refractivity contribution < 1.29 is 0 Å². The zero-order valence-electron chi connectivity index (χ0n) is 6.21. The normalized spacial score (nSPS) is 37.7. The van der Waals surface area contributed by atoms with Gasteiger partial charge in [0.05, 0.1) is 0 Å². The lowest BCUT2D eigenvalue weighted by Gasteiger charge is -2.21. The molecule has 0 N–H and O–H groups in total. The van der Waals surface area contributed by atoms with Crippen LogP contribution in [0.3, 0.4) is 0 Å². The number of alkyl halides is 1. The van der Waals surface area contributed by atoms with E-state index < -0.39 is 0 Å². The van der Waals surface area contributed by atoms with Crippen molar-refractivity contribution in [3.8, 4) is 0 Å². The Hall–Kier alpha value is 0.290.